The zero-order valence-electron chi connectivity index (χ0n) is 10.0. The van der Waals surface area contributed by atoms with Crippen LogP contribution in [0.25, 0.3) is 0 Å². The molecule has 0 unspecified atom stereocenters. The van der Waals surface area contributed by atoms with E-state index in [1.165, 1.54) is 0 Å². The Labute approximate surface area is 106 Å². The summed E-state index contributed by atoms with van der Waals surface area (Å²) < 4.78 is 0. The maximum absolute atomic E-state index is 8.23. The van der Waals surface area contributed by atoms with Gasteiger partial charge < -0.3 is 10.8 Å². The molecule has 0 spiro atoms. The third kappa shape index (κ3) is 1.76. The summed E-state index contributed by atoms with van der Waals surface area (Å²) >= 11 is 0. The first kappa shape index (κ1) is 10.9. The number of fused-ring (bicyclic) bond motifs is 2. The van der Waals surface area contributed by atoms with Crippen molar-refractivity contribution in [3.05, 3.63) is 70.8 Å². The topological polar surface area (TPSA) is 47.7 Å². The molecule has 0 saturated carbocycles. The fraction of sp³-hybridized carbons (Fsp3) is 0.125. The van der Waals surface area contributed by atoms with Crippen LogP contribution in [0.2, 0.25) is 0 Å². The Morgan fingerprint density at radius 2 is 1.00 bits per heavy atom. The van der Waals surface area contributed by atoms with Crippen LogP contribution in [0.15, 0.2) is 48.5 Å². The van der Waals surface area contributed by atoms with Crippen molar-refractivity contribution < 1.29 is 0 Å². The van der Waals surface area contributed by atoms with E-state index in [4.69, 9.17) is 10.8 Å². The molecule has 2 aromatic carbocycles. The average Bonchev–Trinajstić information content (AvgIpc) is 2.38. The van der Waals surface area contributed by atoms with E-state index in [2.05, 4.69) is 0 Å². The highest BCUT2D eigenvalue weighted by Gasteiger charge is 2.17. The highest BCUT2D eigenvalue weighted by Crippen LogP contribution is 2.21. The van der Waals surface area contributed by atoms with E-state index in [0.29, 0.717) is 24.3 Å². The molecule has 88 valence electrons. The van der Waals surface area contributed by atoms with Gasteiger partial charge in [0.2, 0.25) is 0 Å². The Morgan fingerprint density at radius 1 is 0.611 bits per heavy atom. The molecule has 0 fully saturated rings. The van der Waals surface area contributed by atoms with Crippen LogP contribution in [0.5, 0.6) is 0 Å². The SMILES string of the molecule is N=C1Cc2ccccc2C(=N)Cc2ccccc21. The van der Waals surface area contributed by atoms with Gasteiger partial charge in [-0.3, -0.25) is 0 Å². The van der Waals surface area contributed by atoms with Gasteiger partial charge in [0, 0.05) is 24.3 Å². The number of nitrogens with one attached hydrogen (secondary N) is 2. The monoisotopic (exact) mass is 234 g/mol. The van der Waals surface area contributed by atoms with E-state index in [-0.39, 0.29) is 0 Å². The Kier molecular flexibility index (Phi) is 2.56. The van der Waals surface area contributed by atoms with Crippen molar-refractivity contribution >= 4 is 11.4 Å². The lowest BCUT2D eigenvalue weighted by atomic mass is 9.87. The van der Waals surface area contributed by atoms with Crippen LogP contribution in [-0.4, -0.2) is 11.4 Å². The molecule has 3 rings (SSSR count). The standard InChI is InChI=1S/C16H14N2/c17-15-9-11-5-1-3-7-13(11)16(18)10-12-6-2-4-8-14(12)15/h1-8,17-18H,9-10H2. The van der Waals surface area contributed by atoms with Crippen molar-refractivity contribution in [1.29, 1.82) is 10.8 Å². The summed E-state index contributed by atoms with van der Waals surface area (Å²) in [5.41, 5.74) is 5.42. The normalized spacial score (nSPS) is 14.4. The van der Waals surface area contributed by atoms with Gasteiger partial charge in [0.15, 0.2) is 0 Å². The Balaban J connectivity index is 2.15. The predicted molar refractivity (Wildman–Crippen MR) is 73.9 cm³/mol. The zero-order chi connectivity index (χ0) is 12.5. The van der Waals surface area contributed by atoms with Crippen molar-refractivity contribution in [3.8, 4) is 0 Å². The van der Waals surface area contributed by atoms with Crippen LogP contribution in [0.4, 0.5) is 0 Å². The first-order valence-electron chi connectivity index (χ1n) is 6.07. The minimum Gasteiger partial charge on any atom is -0.304 e. The van der Waals surface area contributed by atoms with Gasteiger partial charge in [-0.05, 0) is 22.3 Å². The molecule has 0 aliphatic heterocycles. The van der Waals surface area contributed by atoms with Gasteiger partial charge in [-0.1, -0.05) is 48.5 Å². The lowest BCUT2D eigenvalue weighted by molar-refractivity contribution is 1.18. The van der Waals surface area contributed by atoms with Crippen molar-refractivity contribution in [2.75, 3.05) is 0 Å². The molecule has 0 saturated heterocycles. The molecule has 0 radical (unpaired) electrons. The average molecular weight is 234 g/mol. The summed E-state index contributed by atoms with van der Waals surface area (Å²) in [6.07, 6.45) is 1.21. The number of rotatable bonds is 0. The second-order valence-electron chi connectivity index (χ2n) is 4.62. The number of hydrogen-bond acceptors (Lipinski definition) is 2. The number of hydrogen-bond donors (Lipinski definition) is 2. The first-order valence-corrected chi connectivity index (χ1v) is 6.07. The second-order valence-corrected chi connectivity index (χ2v) is 4.62. The van der Waals surface area contributed by atoms with Crippen molar-refractivity contribution in [2.24, 2.45) is 0 Å². The highest BCUT2D eigenvalue weighted by molar-refractivity contribution is 6.08. The molecule has 0 aromatic heterocycles. The predicted octanol–water partition coefficient (Wildman–Crippen LogP) is 3.22. The van der Waals surface area contributed by atoms with Gasteiger partial charge >= 0.3 is 0 Å². The van der Waals surface area contributed by atoms with E-state index in [0.717, 1.165) is 22.3 Å². The van der Waals surface area contributed by atoms with Crippen LogP contribution in [0, 0.1) is 10.8 Å². The number of benzene rings is 2. The van der Waals surface area contributed by atoms with Crippen LogP contribution < -0.4 is 0 Å². The summed E-state index contributed by atoms with van der Waals surface area (Å²) in [6, 6.07) is 15.9. The molecular weight excluding hydrogens is 220 g/mol. The lowest BCUT2D eigenvalue weighted by Crippen LogP contribution is -2.17. The highest BCUT2D eigenvalue weighted by atomic mass is 14.5. The van der Waals surface area contributed by atoms with Gasteiger partial charge in [0.25, 0.3) is 0 Å². The minimum atomic E-state index is 0.607. The summed E-state index contributed by atoms with van der Waals surface area (Å²) in [7, 11) is 0. The zero-order valence-corrected chi connectivity index (χ0v) is 10.0. The summed E-state index contributed by atoms with van der Waals surface area (Å²) in [5, 5.41) is 16.5. The van der Waals surface area contributed by atoms with Gasteiger partial charge in [-0.25, -0.2) is 0 Å². The quantitative estimate of drug-likeness (QED) is 0.703. The van der Waals surface area contributed by atoms with Crippen LogP contribution in [0.3, 0.4) is 0 Å². The van der Waals surface area contributed by atoms with E-state index in [1.54, 1.807) is 0 Å². The van der Waals surface area contributed by atoms with Gasteiger partial charge in [-0.2, -0.15) is 0 Å². The van der Waals surface area contributed by atoms with E-state index in [9.17, 15) is 0 Å². The molecule has 0 amide bonds. The first-order chi connectivity index (χ1) is 8.75. The van der Waals surface area contributed by atoms with E-state index < -0.39 is 0 Å². The third-order valence-electron chi connectivity index (χ3n) is 3.42. The minimum absolute atomic E-state index is 0.607. The maximum Gasteiger partial charge on any atom is 0.0433 e. The Hall–Kier alpha value is -2.22. The smallest absolute Gasteiger partial charge is 0.0433 e. The molecule has 0 atom stereocenters. The fourth-order valence-electron chi connectivity index (χ4n) is 2.51. The van der Waals surface area contributed by atoms with Crippen molar-refractivity contribution in [1.82, 2.24) is 0 Å². The summed E-state index contributed by atoms with van der Waals surface area (Å²) in [5.74, 6) is 0. The third-order valence-corrected chi connectivity index (χ3v) is 3.42. The lowest BCUT2D eigenvalue weighted by Gasteiger charge is -2.18. The fourth-order valence-corrected chi connectivity index (χ4v) is 2.51. The Morgan fingerprint density at radius 3 is 1.44 bits per heavy atom. The van der Waals surface area contributed by atoms with Crippen molar-refractivity contribution in [2.45, 2.75) is 12.8 Å². The van der Waals surface area contributed by atoms with Crippen LogP contribution >= 0.6 is 0 Å². The van der Waals surface area contributed by atoms with E-state index in [1.807, 2.05) is 48.5 Å². The molecule has 0 heterocycles. The molecule has 0 bridgehead atoms. The molecule has 2 N–H and O–H groups in total. The molecule has 2 nitrogen and oxygen atoms in total. The van der Waals surface area contributed by atoms with Crippen LogP contribution in [0.1, 0.15) is 22.3 Å². The van der Waals surface area contributed by atoms with Crippen molar-refractivity contribution in [3.63, 3.8) is 0 Å². The Bertz CT molecular complexity index is 584. The molecule has 18 heavy (non-hydrogen) atoms. The molecule has 2 heteroatoms. The van der Waals surface area contributed by atoms with E-state index >= 15 is 0 Å². The van der Waals surface area contributed by atoms with Crippen LogP contribution in [-0.2, 0) is 12.8 Å². The molecule has 2 aromatic rings. The van der Waals surface area contributed by atoms with Gasteiger partial charge in [0.1, 0.15) is 0 Å². The molecule has 1 aliphatic rings. The largest absolute Gasteiger partial charge is 0.304 e. The summed E-state index contributed by atoms with van der Waals surface area (Å²) in [4.78, 5) is 0. The molecule has 1 aliphatic carbocycles. The molecular formula is C16H14N2. The second kappa shape index (κ2) is 4.22. The maximum atomic E-state index is 8.23. The summed E-state index contributed by atoms with van der Waals surface area (Å²) in [6.45, 7) is 0. The van der Waals surface area contributed by atoms with Gasteiger partial charge in [-0.15, -0.1) is 0 Å². The van der Waals surface area contributed by atoms with Gasteiger partial charge in [0.05, 0.1) is 0 Å².